The third-order valence-corrected chi connectivity index (χ3v) is 4.37. The average Bonchev–Trinajstić information content (AvgIpc) is 3.04. The van der Waals surface area contributed by atoms with Crippen LogP contribution in [0.25, 0.3) is 0 Å². The van der Waals surface area contributed by atoms with Crippen LogP contribution in [0.1, 0.15) is 36.9 Å². The quantitative estimate of drug-likeness (QED) is 0.850. The van der Waals surface area contributed by atoms with Gasteiger partial charge in [0, 0.05) is 6.54 Å². The van der Waals surface area contributed by atoms with Crippen molar-refractivity contribution in [1.82, 2.24) is 4.90 Å². The Morgan fingerprint density at radius 3 is 2.70 bits per heavy atom. The largest absolute Gasteiger partial charge is 0.481 e. The fourth-order valence-electron chi connectivity index (χ4n) is 3.23. The van der Waals surface area contributed by atoms with Crippen molar-refractivity contribution in [1.29, 1.82) is 0 Å². The van der Waals surface area contributed by atoms with Crippen LogP contribution >= 0.6 is 0 Å². The zero-order chi connectivity index (χ0) is 16.2. The third-order valence-electron chi connectivity index (χ3n) is 4.37. The number of ether oxygens (including phenoxy) is 1. The number of rotatable bonds is 4. The monoisotopic (exact) mass is 309 g/mol. The Labute approximate surface area is 137 Å². The van der Waals surface area contributed by atoms with E-state index in [1.165, 1.54) is 5.56 Å². The van der Waals surface area contributed by atoms with Crippen molar-refractivity contribution in [2.45, 2.75) is 38.8 Å². The zero-order valence-corrected chi connectivity index (χ0v) is 13.7. The Morgan fingerprint density at radius 2 is 1.96 bits per heavy atom. The standard InChI is InChI=1S/C20H23NO2/c1-15-8-6-11-18(14-15)23-16(2)20(22)21-13-7-12-19(21)17-9-4-3-5-10-17/h3-6,8-11,14,16,19H,7,12-13H2,1-2H3. The Kier molecular flexibility index (Phi) is 4.65. The molecule has 0 aliphatic carbocycles. The lowest BCUT2D eigenvalue weighted by atomic mass is 10.0. The number of benzene rings is 2. The summed E-state index contributed by atoms with van der Waals surface area (Å²) in [7, 11) is 0. The highest BCUT2D eigenvalue weighted by molar-refractivity contribution is 5.81. The minimum Gasteiger partial charge on any atom is -0.481 e. The molecule has 2 aromatic rings. The molecule has 3 heteroatoms. The summed E-state index contributed by atoms with van der Waals surface area (Å²) in [5, 5.41) is 0. The van der Waals surface area contributed by atoms with E-state index in [0.29, 0.717) is 0 Å². The number of hydrogen-bond donors (Lipinski definition) is 0. The lowest BCUT2D eigenvalue weighted by Crippen LogP contribution is -2.40. The van der Waals surface area contributed by atoms with Gasteiger partial charge in [0.2, 0.25) is 0 Å². The first-order chi connectivity index (χ1) is 11.1. The van der Waals surface area contributed by atoms with E-state index in [1.54, 1.807) is 0 Å². The van der Waals surface area contributed by atoms with Gasteiger partial charge >= 0.3 is 0 Å². The summed E-state index contributed by atoms with van der Waals surface area (Å²) in [5.74, 6) is 0.819. The van der Waals surface area contributed by atoms with Crippen molar-refractivity contribution in [3.63, 3.8) is 0 Å². The molecule has 0 spiro atoms. The maximum absolute atomic E-state index is 12.8. The fourth-order valence-corrected chi connectivity index (χ4v) is 3.23. The maximum Gasteiger partial charge on any atom is 0.263 e. The van der Waals surface area contributed by atoms with Gasteiger partial charge in [-0.25, -0.2) is 0 Å². The van der Waals surface area contributed by atoms with E-state index < -0.39 is 6.10 Å². The molecule has 3 nitrogen and oxygen atoms in total. The van der Waals surface area contributed by atoms with Crippen LogP contribution in [0.5, 0.6) is 5.75 Å². The van der Waals surface area contributed by atoms with Crippen LogP contribution in [-0.4, -0.2) is 23.5 Å². The molecular formula is C20H23NO2. The van der Waals surface area contributed by atoms with Crippen molar-refractivity contribution < 1.29 is 9.53 Å². The molecule has 1 aliphatic rings. The van der Waals surface area contributed by atoms with Crippen LogP contribution in [0.3, 0.4) is 0 Å². The SMILES string of the molecule is Cc1cccc(OC(C)C(=O)N2CCCC2c2ccccc2)c1. The lowest BCUT2D eigenvalue weighted by molar-refractivity contribution is -0.138. The fraction of sp³-hybridized carbons (Fsp3) is 0.350. The number of amides is 1. The minimum atomic E-state index is -0.471. The third kappa shape index (κ3) is 3.55. The highest BCUT2D eigenvalue weighted by Gasteiger charge is 2.33. The number of carbonyl (C=O) groups is 1. The van der Waals surface area contributed by atoms with E-state index in [0.717, 1.165) is 30.7 Å². The van der Waals surface area contributed by atoms with E-state index in [9.17, 15) is 4.79 Å². The average molecular weight is 309 g/mol. The highest BCUT2D eigenvalue weighted by Crippen LogP contribution is 2.32. The summed E-state index contributed by atoms with van der Waals surface area (Å²) < 4.78 is 5.86. The molecule has 23 heavy (non-hydrogen) atoms. The number of carbonyl (C=O) groups excluding carboxylic acids is 1. The second kappa shape index (κ2) is 6.86. The molecule has 2 unspecified atom stereocenters. The summed E-state index contributed by atoms with van der Waals surface area (Å²) in [5.41, 5.74) is 2.34. The lowest BCUT2D eigenvalue weighted by Gasteiger charge is -2.28. The van der Waals surface area contributed by atoms with Crippen LogP contribution < -0.4 is 4.74 Å². The summed E-state index contributed by atoms with van der Waals surface area (Å²) in [6.07, 6.45) is 1.59. The molecule has 1 fully saturated rings. The van der Waals surface area contributed by atoms with Crippen LogP contribution in [-0.2, 0) is 4.79 Å². The molecule has 0 saturated carbocycles. The summed E-state index contributed by atoms with van der Waals surface area (Å²) >= 11 is 0. The number of hydrogen-bond acceptors (Lipinski definition) is 2. The summed E-state index contributed by atoms with van der Waals surface area (Å²) in [6.45, 7) is 4.66. The van der Waals surface area contributed by atoms with Crippen molar-refractivity contribution >= 4 is 5.91 Å². The van der Waals surface area contributed by atoms with Crippen molar-refractivity contribution in [2.24, 2.45) is 0 Å². The number of aryl methyl sites for hydroxylation is 1. The number of nitrogens with zero attached hydrogens (tertiary/aromatic N) is 1. The van der Waals surface area contributed by atoms with Crippen LogP contribution in [0.4, 0.5) is 0 Å². The van der Waals surface area contributed by atoms with Gasteiger partial charge in [-0.15, -0.1) is 0 Å². The molecule has 2 aromatic carbocycles. The Bertz CT molecular complexity index is 668. The molecule has 1 saturated heterocycles. The maximum atomic E-state index is 12.8. The first-order valence-electron chi connectivity index (χ1n) is 8.24. The predicted molar refractivity (Wildman–Crippen MR) is 91.4 cm³/mol. The Morgan fingerprint density at radius 1 is 1.17 bits per heavy atom. The van der Waals surface area contributed by atoms with Crippen LogP contribution in [0.15, 0.2) is 54.6 Å². The van der Waals surface area contributed by atoms with E-state index in [2.05, 4.69) is 12.1 Å². The Balaban J connectivity index is 1.71. The minimum absolute atomic E-state index is 0.0675. The molecule has 1 amide bonds. The van der Waals surface area contributed by atoms with Crippen LogP contribution in [0.2, 0.25) is 0 Å². The van der Waals surface area contributed by atoms with Gasteiger partial charge in [0.15, 0.2) is 6.10 Å². The van der Waals surface area contributed by atoms with Crippen molar-refractivity contribution in [3.05, 3.63) is 65.7 Å². The van der Waals surface area contributed by atoms with Gasteiger partial charge in [-0.2, -0.15) is 0 Å². The van der Waals surface area contributed by atoms with E-state index in [1.807, 2.05) is 61.2 Å². The van der Waals surface area contributed by atoms with Crippen molar-refractivity contribution in [3.8, 4) is 5.75 Å². The molecule has 0 bridgehead atoms. The first-order valence-corrected chi connectivity index (χ1v) is 8.24. The van der Waals surface area contributed by atoms with E-state index >= 15 is 0 Å². The topological polar surface area (TPSA) is 29.5 Å². The molecule has 0 aromatic heterocycles. The molecule has 0 radical (unpaired) electrons. The molecule has 120 valence electrons. The molecule has 2 atom stereocenters. The van der Waals surface area contributed by atoms with Crippen LogP contribution in [0, 0.1) is 6.92 Å². The van der Waals surface area contributed by atoms with Gasteiger partial charge in [-0.3, -0.25) is 4.79 Å². The van der Waals surface area contributed by atoms with Gasteiger partial charge in [0.05, 0.1) is 6.04 Å². The van der Waals surface area contributed by atoms with Gasteiger partial charge < -0.3 is 9.64 Å². The van der Waals surface area contributed by atoms with Gasteiger partial charge in [0.1, 0.15) is 5.75 Å². The second-order valence-electron chi connectivity index (χ2n) is 6.18. The van der Waals surface area contributed by atoms with E-state index in [-0.39, 0.29) is 11.9 Å². The molecule has 1 heterocycles. The van der Waals surface area contributed by atoms with Crippen molar-refractivity contribution in [2.75, 3.05) is 6.54 Å². The summed E-state index contributed by atoms with van der Waals surface area (Å²) in [6, 6.07) is 18.3. The van der Waals surface area contributed by atoms with Gasteiger partial charge in [0.25, 0.3) is 5.91 Å². The molecule has 1 aliphatic heterocycles. The van der Waals surface area contributed by atoms with Gasteiger partial charge in [-0.1, -0.05) is 42.5 Å². The first kappa shape index (κ1) is 15.6. The second-order valence-corrected chi connectivity index (χ2v) is 6.18. The zero-order valence-electron chi connectivity index (χ0n) is 13.7. The Hall–Kier alpha value is -2.29. The molecule has 0 N–H and O–H groups in total. The van der Waals surface area contributed by atoms with E-state index in [4.69, 9.17) is 4.74 Å². The molecular weight excluding hydrogens is 286 g/mol. The normalized spacial score (nSPS) is 18.7. The summed E-state index contributed by atoms with van der Waals surface area (Å²) in [4.78, 5) is 14.8. The predicted octanol–water partition coefficient (Wildman–Crippen LogP) is 4.13. The van der Waals surface area contributed by atoms with Gasteiger partial charge in [-0.05, 0) is 49.9 Å². The smallest absolute Gasteiger partial charge is 0.263 e. The number of likely N-dealkylation sites (tertiary alicyclic amines) is 1. The molecule has 3 rings (SSSR count). The highest BCUT2D eigenvalue weighted by atomic mass is 16.5.